The third-order valence-corrected chi connectivity index (χ3v) is 4.55. The van der Waals surface area contributed by atoms with Crippen LogP contribution in [0.15, 0.2) is 47.3 Å². The van der Waals surface area contributed by atoms with E-state index in [-0.39, 0.29) is 12.2 Å². The lowest BCUT2D eigenvalue weighted by Gasteiger charge is -2.16. The summed E-state index contributed by atoms with van der Waals surface area (Å²) in [5, 5.41) is 1.59. The maximum Gasteiger partial charge on any atom is 0.344 e. The molecule has 3 aromatic rings. The molecule has 0 fully saturated rings. The zero-order valence-corrected chi connectivity index (χ0v) is 15.2. The summed E-state index contributed by atoms with van der Waals surface area (Å²) in [7, 11) is 1.61. The summed E-state index contributed by atoms with van der Waals surface area (Å²) in [6.07, 6.45) is 0. The Labute approximate surface area is 154 Å². The van der Waals surface area contributed by atoms with Gasteiger partial charge in [0.2, 0.25) is 0 Å². The Morgan fingerprint density at radius 2 is 1.88 bits per heavy atom. The van der Waals surface area contributed by atoms with Crippen LogP contribution in [0.25, 0.3) is 22.0 Å². The summed E-state index contributed by atoms with van der Waals surface area (Å²) in [4.78, 5) is 25.4. The zero-order chi connectivity index (χ0) is 18.1. The molecule has 128 valence electrons. The van der Waals surface area contributed by atoms with Crippen LogP contribution >= 0.6 is 23.2 Å². The van der Waals surface area contributed by atoms with E-state index >= 15 is 0 Å². The molecule has 25 heavy (non-hydrogen) atoms. The van der Waals surface area contributed by atoms with Gasteiger partial charge in [-0.2, -0.15) is 0 Å². The fourth-order valence-electron chi connectivity index (χ4n) is 2.86. The standard InChI is InChI=1S/C19H15Cl2NO3/c1-3-25-19(24)17-16(12-6-4-5-7-14(12)21)13-10-11(20)8-9-15(13)22(2)18(17)23/h4-10H,3H2,1-2H3. The van der Waals surface area contributed by atoms with Gasteiger partial charge in [0.05, 0.1) is 12.1 Å². The summed E-state index contributed by atoms with van der Waals surface area (Å²) < 4.78 is 6.53. The van der Waals surface area contributed by atoms with Gasteiger partial charge in [-0.15, -0.1) is 0 Å². The van der Waals surface area contributed by atoms with E-state index in [1.165, 1.54) is 4.57 Å². The lowest BCUT2D eigenvalue weighted by atomic mass is 9.95. The van der Waals surface area contributed by atoms with E-state index in [9.17, 15) is 9.59 Å². The Kier molecular flexibility index (Phi) is 4.84. The van der Waals surface area contributed by atoms with Gasteiger partial charge in [0.15, 0.2) is 0 Å². The van der Waals surface area contributed by atoms with Gasteiger partial charge in [0, 0.05) is 33.6 Å². The molecule has 0 aliphatic carbocycles. The summed E-state index contributed by atoms with van der Waals surface area (Å²) in [6, 6.07) is 12.2. The first kappa shape index (κ1) is 17.5. The number of pyridine rings is 1. The Hall–Kier alpha value is -2.30. The highest BCUT2D eigenvalue weighted by atomic mass is 35.5. The molecule has 0 bridgehead atoms. The van der Waals surface area contributed by atoms with Crippen molar-refractivity contribution >= 4 is 40.1 Å². The normalized spacial score (nSPS) is 10.9. The number of carbonyl (C=O) groups excluding carboxylic acids is 1. The largest absolute Gasteiger partial charge is 0.462 e. The van der Waals surface area contributed by atoms with E-state index < -0.39 is 11.5 Å². The van der Waals surface area contributed by atoms with Crippen LogP contribution in [0.1, 0.15) is 17.3 Å². The van der Waals surface area contributed by atoms with Crippen LogP contribution in [0.4, 0.5) is 0 Å². The third-order valence-electron chi connectivity index (χ3n) is 3.98. The second-order valence-electron chi connectivity index (χ2n) is 5.48. The fraction of sp³-hybridized carbons (Fsp3) is 0.158. The monoisotopic (exact) mass is 375 g/mol. The van der Waals surface area contributed by atoms with E-state index in [1.54, 1.807) is 56.4 Å². The maximum absolute atomic E-state index is 12.9. The minimum Gasteiger partial charge on any atom is -0.462 e. The number of esters is 1. The number of nitrogens with zero attached hydrogens (tertiary/aromatic N) is 1. The van der Waals surface area contributed by atoms with Crippen molar-refractivity contribution in [3.05, 3.63) is 68.4 Å². The third kappa shape index (κ3) is 3.03. The summed E-state index contributed by atoms with van der Waals surface area (Å²) in [6.45, 7) is 1.85. The predicted octanol–water partition coefficient (Wildman–Crippen LogP) is 4.69. The van der Waals surface area contributed by atoms with Crippen LogP contribution in [0.5, 0.6) is 0 Å². The minimum absolute atomic E-state index is 0.0489. The van der Waals surface area contributed by atoms with E-state index in [1.807, 2.05) is 0 Å². The van der Waals surface area contributed by atoms with Crippen molar-refractivity contribution < 1.29 is 9.53 Å². The summed E-state index contributed by atoms with van der Waals surface area (Å²) in [5.74, 6) is -0.681. The van der Waals surface area contributed by atoms with Gasteiger partial charge in [-0.05, 0) is 31.2 Å². The molecule has 0 unspecified atom stereocenters. The fourth-order valence-corrected chi connectivity index (χ4v) is 3.26. The number of fused-ring (bicyclic) bond motifs is 1. The molecule has 0 saturated carbocycles. The lowest BCUT2D eigenvalue weighted by molar-refractivity contribution is 0.0525. The summed E-state index contributed by atoms with van der Waals surface area (Å²) >= 11 is 12.5. The quantitative estimate of drug-likeness (QED) is 0.623. The Bertz CT molecular complexity index is 1040. The summed E-state index contributed by atoms with van der Waals surface area (Å²) in [5.41, 5.74) is 1.18. The van der Waals surface area contributed by atoms with Crippen LogP contribution < -0.4 is 5.56 Å². The molecule has 6 heteroatoms. The first-order valence-corrected chi connectivity index (χ1v) is 8.45. The van der Waals surface area contributed by atoms with Crippen LogP contribution in [0.2, 0.25) is 10.0 Å². The van der Waals surface area contributed by atoms with Gasteiger partial charge < -0.3 is 9.30 Å². The molecule has 0 saturated heterocycles. The average Bonchev–Trinajstić information content (AvgIpc) is 2.58. The SMILES string of the molecule is CCOC(=O)c1c(-c2ccccc2Cl)c2cc(Cl)ccc2n(C)c1=O. The Morgan fingerprint density at radius 1 is 1.16 bits per heavy atom. The van der Waals surface area contributed by atoms with Crippen molar-refractivity contribution in [2.24, 2.45) is 7.05 Å². The van der Waals surface area contributed by atoms with Crippen molar-refractivity contribution in [2.45, 2.75) is 6.92 Å². The van der Waals surface area contributed by atoms with Crippen LogP contribution in [0.3, 0.4) is 0 Å². The van der Waals surface area contributed by atoms with Crippen LogP contribution in [-0.4, -0.2) is 17.1 Å². The molecule has 0 amide bonds. The van der Waals surface area contributed by atoms with Gasteiger partial charge >= 0.3 is 5.97 Å². The number of aryl methyl sites for hydroxylation is 1. The number of halogens is 2. The van der Waals surface area contributed by atoms with Crippen molar-refractivity contribution in [1.82, 2.24) is 4.57 Å². The molecule has 1 aromatic heterocycles. The first-order valence-electron chi connectivity index (χ1n) is 7.70. The van der Waals surface area contributed by atoms with Gasteiger partial charge in [-0.25, -0.2) is 4.79 Å². The first-order chi connectivity index (χ1) is 12.0. The highest BCUT2D eigenvalue weighted by Gasteiger charge is 2.24. The van der Waals surface area contributed by atoms with Crippen molar-refractivity contribution in [3.63, 3.8) is 0 Å². The second-order valence-corrected chi connectivity index (χ2v) is 6.32. The zero-order valence-electron chi connectivity index (χ0n) is 13.7. The van der Waals surface area contributed by atoms with Gasteiger partial charge in [0.1, 0.15) is 5.56 Å². The molecular formula is C19H15Cl2NO3. The number of benzene rings is 2. The number of ether oxygens (including phenoxy) is 1. The maximum atomic E-state index is 12.9. The highest BCUT2D eigenvalue weighted by Crippen LogP contribution is 2.36. The van der Waals surface area contributed by atoms with Crippen molar-refractivity contribution in [1.29, 1.82) is 0 Å². The molecule has 0 atom stereocenters. The highest BCUT2D eigenvalue weighted by molar-refractivity contribution is 6.34. The molecule has 3 rings (SSSR count). The molecule has 0 aliphatic rings. The Balaban J connectivity index is 2.54. The lowest BCUT2D eigenvalue weighted by Crippen LogP contribution is -2.27. The molecular weight excluding hydrogens is 361 g/mol. The Morgan fingerprint density at radius 3 is 2.56 bits per heavy atom. The molecule has 1 heterocycles. The topological polar surface area (TPSA) is 48.3 Å². The van der Waals surface area contributed by atoms with Crippen LogP contribution in [0, 0.1) is 0 Å². The average molecular weight is 376 g/mol. The van der Waals surface area contributed by atoms with E-state index in [0.29, 0.717) is 32.1 Å². The smallest absolute Gasteiger partial charge is 0.344 e. The molecule has 0 N–H and O–H groups in total. The van der Waals surface area contributed by atoms with Crippen molar-refractivity contribution in [3.8, 4) is 11.1 Å². The predicted molar refractivity (Wildman–Crippen MR) is 101 cm³/mol. The molecule has 4 nitrogen and oxygen atoms in total. The van der Waals surface area contributed by atoms with Gasteiger partial charge in [-0.1, -0.05) is 41.4 Å². The minimum atomic E-state index is -0.681. The number of carbonyl (C=O) groups is 1. The number of rotatable bonds is 3. The molecule has 0 radical (unpaired) electrons. The molecule has 0 spiro atoms. The number of aromatic nitrogens is 1. The van der Waals surface area contributed by atoms with Crippen LogP contribution in [-0.2, 0) is 11.8 Å². The van der Waals surface area contributed by atoms with E-state index in [2.05, 4.69) is 0 Å². The molecule has 0 aliphatic heterocycles. The molecule has 2 aromatic carbocycles. The van der Waals surface area contributed by atoms with Gasteiger partial charge in [-0.3, -0.25) is 4.79 Å². The number of hydrogen-bond acceptors (Lipinski definition) is 3. The van der Waals surface area contributed by atoms with E-state index in [4.69, 9.17) is 27.9 Å². The van der Waals surface area contributed by atoms with E-state index in [0.717, 1.165) is 0 Å². The van der Waals surface area contributed by atoms with Gasteiger partial charge in [0.25, 0.3) is 5.56 Å². The number of hydrogen-bond donors (Lipinski definition) is 0. The second kappa shape index (κ2) is 6.90. The van der Waals surface area contributed by atoms with Crippen molar-refractivity contribution in [2.75, 3.05) is 6.61 Å².